The van der Waals surface area contributed by atoms with Crippen molar-refractivity contribution in [2.24, 2.45) is 4.99 Å². The molecule has 0 bridgehead atoms. The summed E-state index contributed by atoms with van der Waals surface area (Å²) in [6.45, 7) is 4.18. The molecule has 146 valence electrons. The van der Waals surface area contributed by atoms with Gasteiger partial charge in [0.05, 0.1) is 13.7 Å². The maximum atomic E-state index is 5.41. The summed E-state index contributed by atoms with van der Waals surface area (Å²) in [7, 11) is 1.70. The summed E-state index contributed by atoms with van der Waals surface area (Å²) in [5.74, 6) is 2.48. The van der Waals surface area contributed by atoms with E-state index >= 15 is 0 Å². The first-order chi connectivity index (χ1) is 13.8. The van der Waals surface area contributed by atoms with Gasteiger partial charge in [0.2, 0.25) is 0 Å². The van der Waals surface area contributed by atoms with Crippen LogP contribution >= 0.6 is 0 Å². The van der Waals surface area contributed by atoms with Crippen LogP contribution in [0, 0.1) is 0 Å². The maximum Gasteiger partial charge on any atom is 0.191 e. The number of ether oxygens (including phenoxy) is 1. The monoisotopic (exact) mass is 378 g/mol. The molecule has 3 aromatic rings. The minimum atomic E-state index is 0.556. The summed E-state index contributed by atoms with van der Waals surface area (Å²) in [4.78, 5) is 9.04. The van der Waals surface area contributed by atoms with Crippen molar-refractivity contribution >= 4 is 5.96 Å². The standard InChI is InChI=1S/C21H26N6O/c1-3-22-21(24-13-10-18-7-4-5-8-19(18)28-2)25-16-17-9-12-23-20(15-17)27-14-6-11-26-27/h4-9,11-12,14-15H,3,10,13,16H2,1-2H3,(H2,22,24,25). The Morgan fingerprint density at radius 3 is 2.82 bits per heavy atom. The molecule has 0 spiro atoms. The fourth-order valence-electron chi connectivity index (χ4n) is 2.83. The zero-order valence-corrected chi connectivity index (χ0v) is 16.3. The number of benzene rings is 1. The Bertz CT molecular complexity index is 891. The van der Waals surface area contributed by atoms with Crippen LogP contribution in [-0.4, -0.2) is 40.9 Å². The topological polar surface area (TPSA) is 76.4 Å². The van der Waals surface area contributed by atoms with Crippen LogP contribution in [0.25, 0.3) is 5.82 Å². The van der Waals surface area contributed by atoms with Crippen molar-refractivity contribution in [2.45, 2.75) is 19.9 Å². The lowest BCUT2D eigenvalue weighted by atomic mass is 10.1. The highest BCUT2D eigenvalue weighted by atomic mass is 16.5. The van der Waals surface area contributed by atoms with Gasteiger partial charge in [-0.05, 0) is 48.7 Å². The molecule has 0 atom stereocenters. The van der Waals surface area contributed by atoms with Crippen LogP contribution < -0.4 is 15.4 Å². The third-order valence-corrected chi connectivity index (χ3v) is 4.19. The van der Waals surface area contributed by atoms with Gasteiger partial charge in [0.15, 0.2) is 11.8 Å². The number of hydrogen-bond acceptors (Lipinski definition) is 4. The first-order valence-corrected chi connectivity index (χ1v) is 9.39. The highest BCUT2D eigenvalue weighted by molar-refractivity contribution is 5.79. The zero-order chi connectivity index (χ0) is 19.6. The van der Waals surface area contributed by atoms with Gasteiger partial charge in [-0.15, -0.1) is 0 Å². The van der Waals surface area contributed by atoms with E-state index < -0.39 is 0 Å². The normalized spacial score (nSPS) is 11.3. The van der Waals surface area contributed by atoms with Gasteiger partial charge in [-0.25, -0.2) is 14.7 Å². The molecule has 2 N–H and O–H groups in total. The highest BCUT2D eigenvalue weighted by Gasteiger charge is 2.04. The number of aromatic nitrogens is 3. The highest BCUT2D eigenvalue weighted by Crippen LogP contribution is 2.17. The number of pyridine rings is 1. The molecule has 0 unspecified atom stereocenters. The fourth-order valence-corrected chi connectivity index (χ4v) is 2.83. The summed E-state index contributed by atoms with van der Waals surface area (Å²) in [6, 6.07) is 13.9. The molecule has 2 heterocycles. The Kier molecular flexibility index (Phi) is 7.01. The number of nitrogens with one attached hydrogen (secondary N) is 2. The maximum absolute atomic E-state index is 5.41. The number of nitrogens with zero attached hydrogens (tertiary/aromatic N) is 4. The zero-order valence-electron chi connectivity index (χ0n) is 16.3. The molecule has 0 saturated heterocycles. The van der Waals surface area contributed by atoms with Crippen molar-refractivity contribution in [1.29, 1.82) is 0 Å². The molecule has 0 radical (unpaired) electrons. The van der Waals surface area contributed by atoms with Gasteiger partial charge in [-0.1, -0.05) is 18.2 Å². The Balaban J connectivity index is 1.60. The van der Waals surface area contributed by atoms with Crippen LogP contribution in [-0.2, 0) is 13.0 Å². The molecule has 0 saturated carbocycles. The Morgan fingerprint density at radius 1 is 1.14 bits per heavy atom. The molecule has 0 aliphatic carbocycles. The van der Waals surface area contributed by atoms with Gasteiger partial charge >= 0.3 is 0 Å². The molecular weight excluding hydrogens is 352 g/mol. The second-order valence-electron chi connectivity index (χ2n) is 6.16. The second-order valence-corrected chi connectivity index (χ2v) is 6.16. The summed E-state index contributed by atoms with van der Waals surface area (Å²) >= 11 is 0. The van der Waals surface area contributed by atoms with Crippen LogP contribution in [0.15, 0.2) is 66.0 Å². The molecule has 28 heavy (non-hydrogen) atoms. The van der Waals surface area contributed by atoms with Crippen molar-refractivity contribution in [2.75, 3.05) is 20.2 Å². The van der Waals surface area contributed by atoms with Crippen molar-refractivity contribution in [3.05, 3.63) is 72.2 Å². The van der Waals surface area contributed by atoms with Gasteiger partial charge < -0.3 is 15.4 Å². The van der Waals surface area contributed by atoms with Crippen LogP contribution in [0.1, 0.15) is 18.1 Å². The molecular formula is C21H26N6O. The first-order valence-electron chi connectivity index (χ1n) is 9.39. The van der Waals surface area contributed by atoms with Gasteiger partial charge in [-0.2, -0.15) is 5.10 Å². The predicted molar refractivity (Wildman–Crippen MR) is 111 cm³/mol. The first kappa shape index (κ1) is 19.4. The lowest BCUT2D eigenvalue weighted by Crippen LogP contribution is -2.38. The van der Waals surface area contributed by atoms with Gasteiger partial charge in [-0.3, -0.25) is 0 Å². The van der Waals surface area contributed by atoms with E-state index in [0.717, 1.165) is 42.6 Å². The number of aliphatic imine (C=N–C) groups is 1. The fraction of sp³-hybridized carbons (Fsp3) is 0.286. The van der Waals surface area contributed by atoms with E-state index in [1.807, 2.05) is 42.6 Å². The molecule has 0 aliphatic rings. The predicted octanol–water partition coefficient (Wildman–Crippen LogP) is 2.57. The van der Waals surface area contributed by atoms with Crippen LogP contribution in [0.2, 0.25) is 0 Å². The minimum Gasteiger partial charge on any atom is -0.496 e. The molecule has 0 amide bonds. The average Bonchev–Trinajstić information content (AvgIpc) is 3.27. The number of hydrogen-bond donors (Lipinski definition) is 2. The van der Waals surface area contributed by atoms with Crippen molar-refractivity contribution in [3.63, 3.8) is 0 Å². The van der Waals surface area contributed by atoms with Crippen LogP contribution in [0.4, 0.5) is 0 Å². The lowest BCUT2D eigenvalue weighted by molar-refractivity contribution is 0.409. The van der Waals surface area contributed by atoms with Gasteiger partial charge in [0.1, 0.15) is 5.75 Å². The van der Waals surface area contributed by atoms with E-state index in [2.05, 4.69) is 38.7 Å². The van der Waals surface area contributed by atoms with E-state index in [4.69, 9.17) is 4.74 Å². The number of para-hydroxylation sites is 1. The van der Waals surface area contributed by atoms with E-state index in [1.54, 1.807) is 24.2 Å². The molecule has 7 nitrogen and oxygen atoms in total. The summed E-state index contributed by atoms with van der Waals surface area (Å²) < 4.78 is 7.15. The summed E-state index contributed by atoms with van der Waals surface area (Å²) in [6.07, 6.45) is 6.25. The molecule has 1 aromatic carbocycles. The molecule has 0 aliphatic heterocycles. The third kappa shape index (κ3) is 5.33. The van der Waals surface area contributed by atoms with Gasteiger partial charge in [0.25, 0.3) is 0 Å². The summed E-state index contributed by atoms with van der Waals surface area (Å²) in [5, 5.41) is 10.9. The van der Waals surface area contributed by atoms with E-state index in [9.17, 15) is 0 Å². The lowest BCUT2D eigenvalue weighted by Gasteiger charge is -2.13. The Morgan fingerprint density at radius 2 is 2.04 bits per heavy atom. The Labute approximate surface area is 165 Å². The largest absolute Gasteiger partial charge is 0.496 e. The molecule has 0 fully saturated rings. The summed E-state index contributed by atoms with van der Waals surface area (Å²) in [5.41, 5.74) is 2.24. The average molecular weight is 378 g/mol. The van der Waals surface area contributed by atoms with Crippen LogP contribution in [0.5, 0.6) is 5.75 Å². The SMILES string of the molecule is CCNC(=NCc1ccnc(-n2cccn2)c1)NCCc1ccccc1OC. The quantitative estimate of drug-likeness (QED) is 0.465. The smallest absolute Gasteiger partial charge is 0.191 e. The van der Waals surface area contributed by atoms with E-state index in [0.29, 0.717) is 6.54 Å². The van der Waals surface area contributed by atoms with Crippen molar-refractivity contribution in [3.8, 4) is 11.6 Å². The van der Waals surface area contributed by atoms with Gasteiger partial charge in [0, 0.05) is 31.7 Å². The Hall–Kier alpha value is -3.35. The molecule has 7 heteroatoms. The van der Waals surface area contributed by atoms with Crippen LogP contribution in [0.3, 0.4) is 0 Å². The second kappa shape index (κ2) is 10.1. The number of guanidine groups is 1. The van der Waals surface area contributed by atoms with E-state index in [1.165, 1.54) is 5.56 Å². The molecule has 2 aromatic heterocycles. The molecule has 3 rings (SSSR count). The van der Waals surface area contributed by atoms with Crippen molar-refractivity contribution < 1.29 is 4.74 Å². The third-order valence-electron chi connectivity index (χ3n) is 4.19. The van der Waals surface area contributed by atoms with Crippen molar-refractivity contribution in [1.82, 2.24) is 25.4 Å². The van der Waals surface area contributed by atoms with E-state index in [-0.39, 0.29) is 0 Å². The number of methoxy groups -OCH3 is 1. The number of rotatable bonds is 8. The minimum absolute atomic E-state index is 0.556.